The molecule has 0 spiro atoms. The van der Waals surface area contributed by atoms with Crippen LogP contribution >= 0.6 is 15.9 Å². The molecule has 13 heavy (non-hydrogen) atoms. The van der Waals surface area contributed by atoms with Gasteiger partial charge in [-0.2, -0.15) is 0 Å². The Morgan fingerprint density at radius 2 is 2.08 bits per heavy atom. The molecule has 0 saturated carbocycles. The van der Waals surface area contributed by atoms with Gasteiger partial charge in [-0.05, 0) is 28.4 Å². The van der Waals surface area contributed by atoms with Crippen molar-refractivity contribution in [3.8, 4) is 0 Å². The van der Waals surface area contributed by atoms with Crippen LogP contribution in [0.25, 0.3) is 0 Å². The maximum atomic E-state index is 11.2. The fraction of sp³-hybridized carbons (Fsp3) is 0.286. The number of hydrogen-bond acceptors (Lipinski definition) is 4. The number of sulfone groups is 1. The Balaban J connectivity index is 3.53. The number of aromatic nitrogens is 1. The Bertz CT molecular complexity index is 442. The Kier molecular flexibility index (Phi) is 2.63. The van der Waals surface area contributed by atoms with E-state index in [1.807, 2.05) is 0 Å². The molecule has 0 fully saturated rings. The summed E-state index contributed by atoms with van der Waals surface area (Å²) in [6.45, 7) is 1.73. The van der Waals surface area contributed by atoms with Gasteiger partial charge in [0, 0.05) is 6.26 Å². The molecule has 0 aliphatic heterocycles. The van der Waals surface area contributed by atoms with Gasteiger partial charge in [0.1, 0.15) is 0 Å². The van der Waals surface area contributed by atoms with Crippen LogP contribution < -0.4 is 5.73 Å². The van der Waals surface area contributed by atoms with Crippen LogP contribution in [-0.2, 0) is 9.84 Å². The summed E-state index contributed by atoms with van der Waals surface area (Å²) >= 11 is 3.15. The Labute approximate surface area is 85.2 Å². The molecule has 0 unspecified atom stereocenters. The highest BCUT2D eigenvalue weighted by Gasteiger charge is 2.16. The molecule has 0 saturated heterocycles. The summed E-state index contributed by atoms with van der Waals surface area (Å²) in [5.41, 5.74) is 6.71. The SMILES string of the molecule is Cc1c(N)cnc(S(C)(=O)=O)c1Br. The largest absolute Gasteiger partial charge is 0.397 e. The molecule has 0 aliphatic rings. The molecule has 0 radical (unpaired) electrons. The molecule has 0 atom stereocenters. The van der Waals surface area contributed by atoms with E-state index in [0.717, 1.165) is 6.26 Å². The van der Waals surface area contributed by atoms with E-state index in [1.165, 1.54) is 6.20 Å². The monoisotopic (exact) mass is 264 g/mol. The zero-order valence-electron chi connectivity index (χ0n) is 7.20. The van der Waals surface area contributed by atoms with Crippen LogP contribution in [0.5, 0.6) is 0 Å². The number of rotatable bonds is 1. The number of halogens is 1. The maximum Gasteiger partial charge on any atom is 0.193 e. The molecule has 6 heteroatoms. The fourth-order valence-electron chi connectivity index (χ4n) is 0.827. The highest BCUT2D eigenvalue weighted by Crippen LogP contribution is 2.26. The highest BCUT2D eigenvalue weighted by molar-refractivity contribution is 9.10. The highest BCUT2D eigenvalue weighted by atomic mass is 79.9. The second-order valence-corrected chi connectivity index (χ2v) is 5.45. The first-order valence-corrected chi connectivity index (χ1v) is 6.13. The topological polar surface area (TPSA) is 73.0 Å². The minimum atomic E-state index is -3.29. The fourth-order valence-corrected chi connectivity index (χ4v) is 2.76. The summed E-state index contributed by atoms with van der Waals surface area (Å²) in [6.07, 6.45) is 2.45. The van der Waals surface area contributed by atoms with Gasteiger partial charge < -0.3 is 5.73 Å². The van der Waals surface area contributed by atoms with Crippen molar-refractivity contribution in [1.82, 2.24) is 4.98 Å². The third-order valence-electron chi connectivity index (χ3n) is 1.62. The average molecular weight is 265 g/mol. The van der Waals surface area contributed by atoms with E-state index in [9.17, 15) is 8.42 Å². The lowest BCUT2D eigenvalue weighted by Crippen LogP contribution is -2.04. The summed E-state index contributed by atoms with van der Waals surface area (Å²) in [5, 5.41) is 0.0270. The second-order valence-electron chi connectivity index (χ2n) is 2.73. The number of nitrogens with two attached hydrogens (primary N) is 1. The van der Waals surface area contributed by atoms with Crippen LogP contribution in [0, 0.1) is 6.92 Å². The maximum absolute atomic E-state index is 11.2. The average Bonchev–Trinajstić information content (AvgIpc) is 1.98. The number of pyridine rings is 1. The molecule has 0 aromatic carbocycles. The van der Waals surface area contributed by atoms with Gasteiger partial charge in [-0.1, -0.05) is 0 Å². The van der Waals surface area contributed by atoms with E-state index in [4.69, 9.17) is 5.73 Å². The van der Waals surface area contributed by atoms with Gasteiger partial charge in [-0.3, -0.25) is 0 Å². The lowest BCUT2D eigenvalue weighted by molar-refractivity contribution is 0.597. The van der Waals surface area contributed by atoms with E-state index in [-0.39, 0.29) is 5.03 Å². The van der Waals surface area contributed by atoms with Gasteiger partial charge >= 0.3 is 0 Å². The predicted molar refractivity (Wildman–Crippen MR) is 54.2 cm³/mol. The summed E-state index contributed by atoms with van der Waals surface area (Å²) in [6, 6.07) is 0. The van der Waals surface area contributed by atoms with Crippen LogP contribution in [0.15, 0.2) is 15.7 Å². The number of nitrogens with zero attached hydrogens (tertiary/aromatic N) is 1. The zero-order valence-corrected chi connectivity index (χ0v) is 9.61. The number of anilines is 1. The molecule has 0 aliphatic carbocycles. The van der Waals surface area contributed by atoms with Crippen molar-refractivity contribution in [2.75, 3.05) is 12.0 Å². The molecular formula is C7H9BrN2O2S. The third-order valence-corrected chi connectivity index (χ3v) is 3.87. The Hall–Kier alpha value is -0.620. The quantitative estimate of drug-likeness (QED) is 0.826. The van der Waals surface area contributed by atoms with Crippen molar-refractivity contribution in [3.63, 3.8) is 0 Å². The molecule has 4 nitrogen and oxygen atoms in total. The van der Waals surface area contributed by atoms with Gasteiger partial charge in [0.2, 0.25) is 0 Å². The predicted octanol–water partition coefficient (Wildman–Crippen LogP) is 1.14. The third kappa shape index (κ3) is 2.00. The Morgan fingerprint density at radius 1 is 1.54 bits per heavy atom. The number of hydrogen-bond donors (Lipinski definition) is 1. The number of nitrogen functional groups attached to an aromatic ring is 1. The van der Waals surface area contributed by atoms with Crippen LogP contribution in [0.3, 0.4) is 0 Å². The van der Waals surface area contributed by atoms with Gasteiger partial charge in [-0.25, -0.2) is 13.4 Å². The molecule has 1 aromatic heterocycles. The van der Waals surface area contributed by atoms with Crippen molar-refractivity contribution in [3.05, 3.63) is 16.2 Å². The first kappa shape index (κ1) is 10.5. The van der Waals surface area contributed by atoms with Gasteiger partial charge in [0.15, 0.2) is 14.9 Å². The lowest BCUT2D eigenvalue weighted by atomic mass is 10.3. The van der Waals surface area contributed by atoms with Gasteiger partial charge in [-0.15, -0.1) is 0 Å². The summed E-state index contributed by atoms with van der Waals surface area (Å²) < 4.78 is 22.8. The summed E-state index contributed by atoms with van der Waals surface area (Å²) in [7, 11) is -3.29. The Morgan fingerprint density at radius 3 is 2.54 bits per heavy atom. The van der Waals surface area contributed by atoms with E-state index in [2.05, 4.69) is 20.9 Å². The van der Waals surface area contributed by atoms with E-state index in [1.54, 1.807) is 6.92 Å². The first-order chi connectivity index (χ1) is 5.84. The van der Waals surface area contributed by atoms with Crippen molar-refractivity contribution >= 4 is 31.5 Å². The molecule has 2 N–H and O–H groups in total. The minimum Gasteiger partial charge on any atom is -0.397 e. The lowest BCUT2D eigenvalue weighted by Gasteiger charge is -2.05. The molecular weight excluding hydrogens is 256 g/mol. The minimum absolute atomic E-state index is 0.0270. The van der Waals surface area contributed by atoms with Crippen molar-refractivity contribution in [2.45, 2.75) is 11.9 Å². The molecule has 1 aromatic rings. The summed E-state index contributed by atoms with van der Waals surface area (Å²) in [5.74, 6) is 0. The molecule has 72 valence electrons. The normalized spacial score (nSPS) is 11.6. The van der Waals surface area contributed by atoms with Gasteiger partial charge in [0.05, 0.1) is 16.4 Å². The van der Waals surface area contributed by atoms with Crippen LogP contribution in [0.4, 0.5) is 5.69 Å². The van der Waals surface area contributed by atoms with E-state index in [0.29, 0.717) is 15.7 Å². The van der Waals surface area contributed by atoms with Gasteiger partial charge in [0.25, 0.3) is 0 Å². The van der Waals surface area contributed by atoms with Crippen LogP contribution in [-0.4, -0.2) is 19.7 Å². The van der Waals surface area contributed by atoms with Crippen molar-refractivity contribution in [1.29, 1.82) is 0 Å². The zero-order chi connectivity index (χ0) is 10.2. The van der Waals surface area contributed by atoms with Crippen molar-refractivity contribution in [2.24, 2.45) is 0 Å². The smallest absolute Gasteiger partial charge is 0.193 e. The summed E-state index contributed by atoms with van der Waals surface area (Å²) in [4.78, 5) is 3.75. The van der Waals surface area contributed by atoms with Crippen molar-refractivity contribution < 1.29 is 8.42 Å². The molecule has 1 heterocycles. The van der Waals surface area contributed by atoms with E-state index >= 15 is 0 Å². The molecule has 0 bridgehead atoms. The first-order valence-electron chi connectivity index (χ1n) is 3.44. The molecule has 0 amide bonds. The van der Waals surface area contributed by atoms with Crippen LogP contribution in [0.2, 0.25) is 0 Å². The standard InChI is InChI=1S/C7H9BrN2O2S/c1-4-5(9)3-10-7(6(4)8)13(2,11)12/h3H,9H2,1-2H3. The second kappa shape index (κ2) is 3.26. The molecule has 1 rings (SSSR count). The van der Waals surface area contributed by atoms with E-state index < -0.39 is 9.84 Å². The van der Waals surface area contributed by atoms with Crippen LogP contribution in [0.1, 0.15) is 5.56 Å².